The van der Waals surface area contributed by atoms with Crippen molar-refractivity contribution in [1.82, 2.24) is 14.6 Å². The first-order chi connectivity index (χ1) is 10.7. The molecule has 2 atom stereocenters. The number of imidazole rings is 1. The Kier molecular flexibility index (Phi) is 3.92. The highest BCUT2D eigenvalue weighted by Crippen LogP contribution is 2.55. The van der Waals surface area contributed by atoms with Crippen LogP contribution in [0.5, 0.6) is 0 Å². The van der Waals surface area contributed by atoms with Gasteiger partial charge in [0.1, 0.15) is 5.60 Å². The largest absolute Gasteiger partial charge is 0.401 e. The second kappa shape index (κ2) is 5.53. The molecule has 6 heteroatoms. The third-order valence-electron chi connectivity index (χ3n) is 5.86. The summed E-state index contributed by atoms with van der Waals surface area (Å²) in [7, 11) is 3.79. The van der Waals surface area contributed by atoms with E-state index in [-0.39, 0.29) is 0 Å². The molecule has 2 aliphatic carbocycles. The first kappa shape index (κ1) is 16.3. The Morgan fingerprint density at radius 2 is 1.96 bits per heavy atom. The van der Waals surface area contributed by atoms with Crippen molar-refractivity contribution >= 4 is 0 Å². The second-order valence-electron chi connectivity index (χ2n) is 7.60. The van der Waals surface area contributed by atoms with Crippen molar-refractivity contribution in [3.8, 4) is 0 Å². The normalized spacial score (nSPS) is 34.4. The van der Waals surface area contributed by atoms with Gasteiger partial charge in [0, 0.05) is 31.4 Å². The lowest BCUT2D eigenvalue weighted by molar-refractivity contribution is 0.0468. The van der Waals surface area contributed by atoms with E-state index >= 15 is 0 Å². The number of aryl methyl sites for hydroxylation is 1. The van der Waals surface area contributed by atoms with Crippen molar-refractivity contribution in [3.63, 3.8) is 0 Å². The number of aromatic nitrogens is 2. The fourth-order valence-electron chi connectivity index (χ4n) is 4.96. The van der Waals surface area contributed by atoms with Gasteiger partial charge in [-0.05, 0) is 51.4 Å². The zero-order chi connectivity index (χ0) is 16.9. The molecule has 1 aromatic rings. The summed E-state index contributed by atoms with van der Waals surface area (Å²) < 4.78 is 2.09. The maximum Gasteiger partial charge on any atom is 0.108 e. The van der Waals surface area contributed by atoms with Crippen molar-refractivity contribution in [2.24, 2.45) is 30.5 Å². The Bertz CT molecular complexity index is 615. The van der Waals surface area contributed by atoms with E-state index in [0.29, 0.717) is 29.1 Å². The number of fused-ring (bicyclic) bond motifs is 1. The number of hydrogen-bond donors (Lipinski definition) is 3. The fraction of sp³-hybridized carbons (Fsp3) is 0.706. The molecule has 2 unspecified atom stereocenters. The van der Waals surface area contributed by atoms with Gasteiger partial charge < -0.3 is 20.4 Å². The van der Waals surface area contributed by atoms with Crippen LogP contribution in [0.25, 0.3) is 0 Å². The average molecular weight is 319 g/mol. The van der Waals surface area contributed by atoms with Crippen LogP contribution in [0.1, 0.15) is 49.9 Å². The van der Waals surface area contributed by atoms with Crippen molar-refractivity contribution in [2.45, 2.75) is 51.0 Å². The van der Waals surface area contributed by atoms with E-state index in [1.54, 1.807) is 7.05 Å². The molecule has 3 rings (SSSR count). The van der Waals surface area contributed by atoms with Crippen LogP contribution in [0.4, 0.5) is 0 Å². The second-order valence-corrected chi connectivity index (χ2v) is 7.60. The van der Waals surface area contributed by atoms with Crippen molar-refractivity contribution in [2.75, 3.05) is 7.05 Å². The Labute approximate surface area is 138 Å². The van der Waals surface area contributed by atoms with Gasteiger partial charge in [-0.2, -0.15) is 0 Å². The molecule has 1 aromatic heterocycles. The number of nitrogens with two attached hydrogens (primary N) is 2. The lowest BCUT2D eigenvalue weighted by Gasteiger charge is -2.33. The number of hydrazine groups is 1. The van der Waals surface area contributed by atoms with Crippen molar-refractivity contribution in [3.05, 3.63) is 29.1 Å². The van der Waals surface area contributed by atoms with E-state index in [1.165, 1.54) is 16.4 Å². The Morgan fingerprint density at radius 1 is 1.39 bits per heavy atom. The molecule has 0 bridgehead atoms. The third kappa shape index (κ3) is 2.64. The molecule has 0 aliphatic heterocycles. The molecule has 23 heavy (non-hydrogen) atoms. The Hall–Kier alpha value is -1.53. The number of rotatable bonds is 3. The molecule has 128 valence electrons. The molecular formula is C17H29N5O. The van der Waals surface area contributed by atoms with Gasteiger partial charge in [-0.3, -0.25) is 0 Å². The van der Waals surface area contributed by atoms with Crippen molar-refractivity contribution in [1.29, 1.82) is 0 Å². The van der Waals surface area contributed by atoms with Crippen LogP contribution >= 0.6 is 0 Å². The molecule has 0 saturated heterocycles. The van der Waals surface area contributed by atoms with Gasteiger partial charge in [-0.25, -0.2) is 10.8 Å². The molecule has 2 aliphatic rings. The summed E-state index contributed by atoms with van der Waals surface area (Å²) in [5.74, 6) is 7.46. The van der Waals surface area contributed by atoms with Crippen LogP contribution < -0.4 is 11.6 Å². The van der Waals surface area contributed by atoms with E-state index in [1.807, 2.05) is 20.3 Å². The first-order valence-corrected chi connectivity index (χ1v) is 8.38. The van der Waals surface area contributed by atoms with E-state index in [4.69, 9.17) is 11.6 Å². The maximum atomic E-state index is 11.1. The monoisotopic (exact) mass is 319 g/mol. The third-order valence-corrected chi connectivity index (χ3v) is 5.86. The van der Waals surface area contributed by atoms with Gasteiger partial charge >= 0.3 is 0 Å². The quantitative estimate of drug-likeness (QED) is 0.578. The minimum absolute atomic E-state index is 0.512. The van der Waals surface area contributed by atoms with Gasteiger partial charge in [0.05, 0.1) is 17.7 Å². The predicted molar refractivity (Wildman–Crippen MR) is 89.9 cm³/mol. The number of aliphatic hydroxyl groups is 1. The molecular weight excluding hydrogens is 290 g/mol. The van der Waals surface area contributed by atoms with Gasteiger partial charge in [0.15, 0.2) is 0 Å². The smallest absolute Gasteiger partial charge is 0.108 e. The van der Waals surface area contributed by atoms with Crippen LogP contribution in [-0.2, 0) is 7.05 Å². The molecule has 0 amide bonds. The summed E-state index contributed by atoms with van der Waals surface area (Å²) in [6, 6.07) is 0. The number of nitrogens with zero attached hydrogens (tertiary/aromatic N) is 3. The highest BCUT2D eigenvalue weighted by molar-refractivity contribution is 5.25. The summed E-state index contributed by atoms with van der Waals surface area (Å²) in [6.45, 7) is 3.94. The van der Waals surface area contributed by atoms with Gasteiger partial charge in [0.25, 0.3) is 0 Å². The SMILES string of the molecule is C/C(N)=C(/N(C)N)C1(O)CC2CC(c3ncn(C)c3C)CC2C1. The molecule has 6 nitrogen and oxygen atoms in total. The minimum Gasteiger partial charge on any atom is -0.401 e. The zero-order valence-corrected chi connectivity index (χ0v) is 14.6. The van der Waals surface area contributed by atoms with Gasteiger partial charge in [0.2, 0.25) is 0 Å². The van der Waals surface area contributed by atoms with Crippen LogP contribution in [0.15, 0.2) is 17.7 Å². The highest BCUT2D eigenvalue weighted by Gasteiger charge is 2.52. The highest BCUT2D eigenvalue weighted by atomic mass is 16.3. The molecule has 5 N–H and O–H groups in total. The summed E-state index contributed by atoms with van der Waals surface area (Å²) in [6.07, 6.45) is 5.57. The predicted octanol–water partition coefficient (Wildman–Crippen LogP) is 1.36. The summed E-state index contributed by atoms with van der Waals surface area (Å²) in [5.41, 5.74) is 8.86. The first-order valence-electron chi connectivity index (χ1n) is 8.38. The summed E-state index contributed by atoms with van der Waals surface area (Å²) in [5, 5.41) is 12.6. The average Bonchev–Trinajstić information content (AvgIpc) is 3.01. The minimum atomic E-state index is -0.887. The molecule has 2 fully saturated rings. The van der Waals surface area contributed by atoms with Crippen molar-refractivity contribution < 1.29 is 5.11 Å². The maximum absolute atomic E-state index is 11.1. The van der Waals surface area contributed by atoms with E-state index in [2.05, 4.69) is 16.5 Å². The lowest BCUT2D eigenvalue weighted by Crippen LogP contribution is -2.42. The number of hydrogen-bond acceptors (Lipinski definition) is 5. The Balaban J connectivity index is 1.77. The molecule has 0 spiro atoms. The molecule has 1 heterocycles. The fourth-order valence-corrected chi connectivity index (χ4v) is 4.96. The zero-order valence-electron chi connectivity index (χ0n) is 14.6. The number of allylic oxidation sites excluding steroid dienone is 1. The topological polar surface area (TPSA) is 93.3 Å². The van der Waals surface area contributed by atoms with Crippen LogP contribution in [0.3, 0.4) is 0 Å². The van der Waals surface area contributed by atoms with E-state index < -0.39 is 5.60 Å². The van der Waals surface area contributed by atoms with Gasteiger partial charge in [-0.15, -0.1) is 0 Å². The number of likely N-dealkylation sites (N-methyl/N-ethyl adjacent to an activating group) is 1. The lowest BCUT2D eigenvalue weighted by atomic mass is 9.89. The molecule has 0 radical (unpaired) electrons. The Morgan fingerprint density at radius 3 is 2.35 bits per heavy atom. The van der Waals surface area contributed by atoms with E-state index in [0.717, 1.165) is 25.7 Å². The summed E-state index contributed by atoms with van der Waals surface area (Å²) >= 11 is 0. The molecule has 0 aromatic carbocycles. The van der Waals surface area contributed by atoms with Crippen LogP contribution in [0, 0.1) is 18.8 Å². The van der Waals surface area contributed by atoms with E-state index in [9.17, 15) is 5.11 Å². The standard InChI is InChI=1S/C17H29N5O/c1-10(18)16(22(4)19)17(23)7-13-5-12(6-14(13)8-17)15-11(2)21(3)9-20-15/h9,12-14,23H,5-8,18-19H2,1-4H3/b16-10-. The van der Waals surface area contributed by atoms with Crippen LogP contribution in [0.2, 0.25) is 0 Å². The van der Waals surface area contributed by atoms with Gasteiger partial charge in [-0.1, -0.05) is 0 Å². The van der Waals surface area contributed by atoms with Crippen LogP contribution in [-0.4, -0.2) is 32.3 Å². The summed E-state index contributed by atoms with van der Waals surface area (Å²) in [4.78, 5) is 4.60. The molecule has 2 saturated carbocycles.